The van der Waals surface area contributed by atoms with Crippen molar-refractivity contribution < 1.29 is 8.42 Å². The molecule has 0 aromatic heterocycles. The Morgan fingerprint density at radius 1 is 1.10 bits per heavy atom. The van der Waals surface area contributed by atoms with Crippen molar-refractivity contribution in [1.29, 1.82) is 0 Å². The van der Waals surface area contributed by atoms with Gasteiger partial charge >= 0.3 is 0 Å². The third-order valence-electron chi connectivity index (χ3n) is 3.73. The molecule has 0 spiro atoms. The van der Waals surface area contributed by atoms with Gasteiger partial charge in [0.1, 0.15) is 0 Å². The molecular formula is C14H23N3O2S. The van der Waals surface area contributed by atoms with Gasteiger partial charge in [-0.2, -0.15) is 0 Å². The number of nitrogens with zero attached hydrogens (tertiary/aromatic N) is 1. The molecule has 0 aliphatic carbocycles. The van der Waals surface area contributed by atoms with Gasteiger partial charge in [-0.25, -0.2) is 13.4 Å². The van der Waals surface area contributed by atoms with Gasteiger partial charge < -0.3 is 5.32 Å². The lowest BCUT2D eigenvalue weighted by Crippen LogP contribution is -2.44. The van der Waals surface area contributed by atoms with Crippen molar-refractivity contribution in [3.05, 3.63) is 29.8 Å². The van der Waals surface area contributed by atoms with Crippen LogP contribution in [0.3, 0.4) is 0 Å². The molecular weight excluding hydrogens is 274 g/mol. The van der Waals surface area contributed by atoms with Crippen LogP contribution in [0.2, 0.25) is 0 Å². The number of piperidine rings is 1. The van der Waals surface area contributed by atoms with Gasteiger partial charge in [-0.1, -0.05) is 18.6 Å². The van der Waals surface area contributed by atoms with Crippen LogP contribution in [-0.2, 0) is 10.0 Å². The standard InChI is InChI=1S/C14H23N3O2S/c1-12(15-2)13-6-8-14(9-7-13)20(18,19)16-17-10-4-3-5-11-17/h6-9,12,15-16H,3-5,10-11H2,1-2H3. The number of hydrogen-bond donors (Lipinski definition) is 2. The van der Waals surface area contributed by atoms with E-state index in [1.807, 2.05) is 26.1 Å². The minimum atomic E-state index is -3.45. The van der Waals surface area contributed by atoms with E-state index in [0.29, 0.717) is 4.90 Å². The Hall–Kier alpha value is -0.950. The number of benzene rings is 1. The van der Waals surface area contributed by atoms with Crippen LogP contribution < -0.4 is 10.1 Å². The van der Waals surface area contributed by atoms with E-state index in [2.05, 4.69) is 10.1 Å². The molecule has 0 amide bonds. The summed E-state index contributed by atoms with van der Waals surface area (Å²) in [6.07, 6.45) is 3.26. The summed E-state index contributed by atoms with van der Waals surface area (Å²) in [5.74, 6) is 0. The number of hydrazine groups is 1. The highest BCUT2D eigenvalue weighted by Gasteiger charge is 2.19. The SMILES string of the molecule is CNC(C)c1ccc(S(=O)(=O)NN2CCCCC2)cc1. The van der Waals surface area contributed by atoms with E-state index in [-0.39, 0.29) is 6.04 Å². The van der Waals surface area contributed by atoms with Crippen molar-refractivity contribution in [2.75, 3.05) is 20.1 Å². The Morgan fingerprint density at radius 3 is 2.25 bits per heavy atom. The first-order chi connectivity index (χ1) is 9.53. The van der Waals surface area contributed by atoms with Gasteiger partial charge in [0.05, 0.1) is 4.90 Å². The molecule has 20 heavy (non-hydrogen) atoms. The van der Waals surface area contributed by atoms with Gasteiger partial charge in [0.25, 0.3) is 10.0 Å². The second-order valence-corrected chi connectivity index (χ2v) is 6.88. The van der Waals surface area contributed by atoms with E-state index in [1.54, 1.807) is 17.1 Å². The van der Waals surface area contributed by atoms with Gasteiger partial charge in [-0.05, 0) is 44.5 Å². The van der Waals surface area contributed by atoms with Crippen molar-refractivity contribution in [2.45, 2.75) is 37.1 Å². The van der Waals surface area contributed by atoms with Crippen LogP contribution in [0.15, 0.2) is 29.2 Å². The van der Waals surface area contributed by atoms with Crippen LogP contribution in [0.25, 0.3) is 0 Å². The molecule has 6 heteroatoms. The summed E-state index contributed by atoms with van der Waals surface area (Å²) in [5.41, 5.74) is 1.07. The minimum absolute atomic E-state index is 0.210. The topological polar surface area (TPSA) is 61.4 Å². The Bertz CT molecular complexity index is 522. The van der Waals surface area contributed by atoms with Crippen LogP contribution in [-0.4, -0.2) is 33.6 Å². The fourth-order valence-electron chi connectivity index (χ4n) is 2.31. The maximum absolute atomic E-state index is 12.3. The summed E-state index contributed by atoms with van der Waals surface area (Å²) in [4.78, 5) is 2.98. The van der Waals surface area contributed by atoms with Crippen molar-refractivity contribution in [3.8, 4) is 0 Å². The van der Waals surface area contributed by atoms with E-state index < -0.39 is 10.0 Å². The van der Waals surface area contributed by atoms with E-state index in [0.717, 1.165) is 31.5 Å². The number of sulfonamides is 1. The molecule has 1 heterocycles. The quantitative estimate of drug-likeness (QED) is 0.867. The minimum Gasteiger partial charge on any atom is -0.313 e. The van der Waals surface area contributed by atoms with Gasteiger partial charge in [-0.15, -0.1) is 4.83 Å². The molecule has 0 bridgehead atoms. The molecule has 1 aromatic rings. The van der Waals surface area contributed by atoms with E-state index in [1.165, 1.54) is 6.42 Å². The van der Waals surface area contributed by atoms with E-state index in [4.69, 9.17) is 0 Å². The monoisotopic (exact) mass is 297 g/mol. The van der Waals surface area contributed by atoms with Gasteiger partial charge in [0, 0.05) is 19.1 Å². The number of nitrogens with one attached hydrogen (secondary N) is 2. The largest absolute Gasteiger partial charge is 0.313 e. The fraction of sp³-hybridized carbons (Fsp3) is 0.571. The molecule has 5 nitrogen and oxygen atoms in total. The van der Waals surface area contributed by atoms with Crippen molar-refractivity contribution in [2.24, 2.45) is 0 Å². The smallest absolute Gasteiger partial charge is 0.253 e. The van der Waals surface area contributed by atoms with Gasteiger partial charge in [0.15, 0.2) is 0 Å². The molecule has 1 aliphatic rings. The summed E-state index contributed by atoms with van der Waals surface area (Å²) in [5, 5.41) is 4.93. The summed E-state index contributed by atoms with van der Waals surface area (Å²) < 4.78 is 24.6. The predicted molar refractivity (Wildman–Crippen MR) is 79.7 cm³/mol. The van der Waals surface area contributed by atoms with Crippen molar-refractivity contribution in [3.63, 3.8) is 0 Å². The van der Waals surface area contributed by atoms with Gasteiger partial charge in [0.2, 0.25) is 0 Å². The summed E-state index contributed by atoms with van der Waals surface area (Å²) in [7, 11) is -1.57. The second-order valence-electron chi connectivity index (χ2n) is 5.22. The van der Waals surface area contributed by atoms with Gasteiger partial charge in [-0.3, -0.25) is 0 Å². The zero-order chi connectivity index (χ0) is 14.6. The molecule has 2 rings (SSSR count). The average Bonchev–Trinajstić information content (AvgIpc) is 2.47. The highest BCUT2D eigenvalue weighted by Crippen LogP contribution is 2.16. The maximum Gasteiger partial charge on any atom is 0.253 e. The van der Waals surface area contributed by atoms with E-state index in [9.17, 15) is 8.42 Å². The van der Waals surface area contributed by atoms with Crippen LogP contribution in [0.1, 0.15) is 37.8 Å². The molecule has 1 unspecified atom stereocenters. The zero-order valence-corrected chi connectivity index (χ0v) is 12.9. The Balaban J connectivity index is 2.08. The summed E-state index contributed by atoms with van der Waals surface area (Å²) in [6.45, 7) is 3.61. The van der Waals surface area contributed by atoms with Crippen LogP contribution in [0.5, 0.6) is 0 Å². The molecule has 112 valence electrons. The summed E-state index contributed by atoms with van der Waals surface area (Å²) in [6, 6.07) is 7.24. The second kappa shape index (κ2) is 6.67. The third kappa shape index (κ3) is 3.79. The molecule has 1 atom stereocenters. The van der Waals surface area contributed by atoms with Crippen LogP contribution in [0.4, 0.5) is 0 Å². The third-order valence-corrected chi connectivity index (χ3v) is 5.12. The fourth-order valence-corrected chi connectivity index (χ4v) is 3.43. The Labute approximate surface area is 121 Å². The summed E-state index contributed by atoms with van der Waals surface area (Å²) >= 11 is 0. The lowest BCUT2D eigenvalue weighted by Gasteiger charge is -2.26. The molecule has 0 saturated carbocycles. The van der Waals surface area contributed by atoms with Crippen molar-refractivity contribution in [1.82, 2.24) is 15.2 Å². The Kier molecular flexibility index (Phi) is 5.15. The lowest BCUT2D eigenvalue weighted by molar-refractivity contribution is 0.200. The number of rotatable bonds is 5. The molecule has 0 radical (unpaired) electrons. The first kappa shape index (κ1) is 15.4. The molecule has 1 fully saturated rings. The molecule has 1 aliphatic heterocycles. The highest BCUT2D eigenvalue weighted by molar-refractivity contribution is 7.89. The van der Waals surface area contributed by atoms with Crippen LogP contribution in [0, 0.1) is 0 Å². The Morgan fingerprint density at radius 2 is 1.70 bits per heavy atom. The molecule has 1 aromatic carbocycles. The maximum atomic E-state index is 12.3. The zero-order valence-electron chi connectivity index (χ0n) is 12.1. The van der Waals surface area contributed by atoms with E-state index >= 15 is 0 Å². The molecule has 2 N–H and O–H groups in total. The number of hydrogen-bond acceptors (Lipinski definition) is 4. The lowest BCUT2D eigenvalue weighted by atomic mass is 10.1. The average molecular weight is 297 g/mol. The van der Waals surface area contributed by atoms with Crippen LogP contribution >= 0.6 is 0 Å². The predicted octanol–water partition coefficient (Wildman–Crippen LogP) is 1.65. The van der Waals surface area contributed by atoms with Crippen molar-refractivity contribution >= 4 is 10.0 Å². The highest BCUT2D eigenvalue weighted by atomic mass is 32.2. The molecule has 1 saturated heterocycles. The first-order valence-electron chi connectivity index (χ1n) is 7.07. The normalized spacial score (nSPS) is 18.9. The first-order valence-corrected chi connectivity index (χ1v) is 8.56.